The molecule has 0 saturated heterocycles. The van der Waals surface area contributed by atoms with Crippen molar-refractivity contribution in [3.8, 4) is 0 Å². The van der Waals surface area contributed by atoms with E-state index in [9.17, 15) is 14.4 Å². The quantitative estimate of drug-likeness (QED) is 0.0261. The first-order chi connectivity index (χ1) is 38.0. The van der Waals surface area contributed by atoms with Gasteiger partial charge >= 0.3 is 17.9 Å². The SMILES string of the molecule is CC/C=C\C/C=C\C/C=C\C/C=C\C/C=C\C/C=C\CCCCC(=O)OC(COC(=O)CCCCCCCCC)COC(=O)CCCCCCCCCCCCCCCCCC/C=C\C/C=C\C/C=C\CCCCCCC. The average Bonchev–Trinajstić information content (AvgIpc) is 3.43. The number of rotatable bonds is 58. The smallest absolute Gasteiger partial charge is 0.306 e. The van der Waals surface area contributed by atoms with E-state index in [4.69, 9.17) is 14.2 Å². The summed E-state index contributed by atoms with van der Waals surface area (Å²) < 4.78 is 16.8. The molecule has 0 N–H and O–H groups in total. The van der Waals surface area contributed by atoms with Crippen LogP contribution in [0.25, 0.3) is 0 Å². The second kappa shape index (κ2) is 64.6. The zero-order valence-electron chi connectivity index (χ0n) is 50.4. The Morgan fingerprint density at radius 1 is 0.273 bits per heavy atom. The van der Waals surface area contributed by atoms with Gasteiger partial charge in [0, 0.05) is 19.3 Å². The zero-order valence-corrected chi connectivity index (χ0v) is 50.4. The molecule has 1 unspecified atom stereocenters. The highest BCUT2D eigenvalue weighted by Gasteiger charge is 2.19. The van der Waals surface area contributed by atoms with Gasteiger partial charge in [0.15, 0.2) is 6.10 Å². The van der Waals surface area contributed by atoms with Gasteiger partial charge in [0.05, 0.1) is 0 Å². The molecule has 1 atom stereocenters. The van der Waals surface area contributed by atoms with Gasteiger partial charge in [0.25, 0.3) is 0 Å². The molecule has 77 heavy (non-hydrogen) atoms. The molecule has 0 spiro atoms. The van der Waals surface area contributed by atoms with Gasteiger partial charge in [-0.2, -0.15) is 0 Å². The van der Waals surface area contributed by atoms with E-state index in [1.165, 1.54) is 154 Å². The highest BCUT2D eigenvalue weighted by molar-refractivity contribution is 5.71. The summed E-state index contributed by atoms with van der Waals surface area (Å²) in [6.45, 7) is 6.45. The lowest BCUT2D eigenvalue weighted by Crippen LogP contribution is -2.30. The lowest BCUT2D eigenvalue weighted by molar-refractivity contribution is -0.167. The van der Waals surface area contributed by atoms with Crippen LogP contribution in [0.2, 0.25) is 0 Å². The second-order valence-corrected chi connectivity index (χ2v) is 21.3. The standard InChI is InChI=1S/C71H120O6/c1-4-7-10-13-16-18-20-22-24-26-28-30-31-32-33-34-35-36-37-38-39-41-42-44-46-48-50-52-55-58-61-64-70(73)76-67-68(66-75-69(72)63-60-57-54-15-12-9-6-3)77-71(74)65-62-59-56-53-51-49-47-45-43-40-29-27-25-23-21-19-17-14-11-8-5-2/h8,11,17,19-20,22-23,25-26,28-29,31-32,40,45,47,51,53,68H,4-7,9-10,12-16,18,21,24,27,30,33-39,41-44,46,48-50,52,54-67H2,1-3H3/b11-8-,19-17-,22-20-,25-23-,28-26-,32-31-,40-29-,47-45-,53-51-. The summed E-state index contributed by atoms with van der Waals surface area (Å²) in [4.78, 5) is 38.1. The van der Waals surface area contributed by atoms with Crippen LogP contribution in [0.15, 0.2) is 109 Å². The lowest BCUT2D eigenvalue weighted by atomic mass is 10.0. The maximum absolute atomic E-state index is 12.8. The van der Waals surface area contributed by atoms with Crippen molar-refractivity contribution >= 4 is 17.9 Å². The van der Waals surface area contributed by atoms with E-state index in [0.29, 0.717) is 19.3 Å². The van der Waals surface area contributed by atoms with Gasteiger partial charge in [-0.1, -0.05) is 284 Å². The second-order valence-electron chi connectivity index (χ2n) is 21.3. The molecule has 0 bridgehead atoms. The van der Waals surface area contributed by atoms with Crippen LogP contribution in [0.3, 0.4) is 0 Å². The van der Waals surface area contributed by atoms with Crippen LogP contribution in [0.4, 0.5) is 0 Å². The molecule has 0 fully saturated rings. The molecule has 0 aliphatic carbocycles. The van der Waals surface area contributed by atoms with E-state index in [2.05, 4.69) is 130 Å². The monoisotopic (exact) mass is 1070 g/mol. The number of unbranched alkanes of at least 4 members (excludes halogenated alkanes) is 29. The summed E-state index contributed by atoms with van der Waals surface area (Å²) in [6.07, 6.45) is 88.5. The Morgan fingerprint density at radius 3 is 0.818 bits per heavy atom. The Bertz CT molecular complexity index is 1560. The Hall–Kier alpha value is -3.93. The van der Waals surface area contributed by atoms with Crippen molar-refractivity contribution < 1.29 is 28.6 Å². The first-order valence-electron chi connectivity index (χ1n) is 32.4. The van der Waals surface area contributed by atoms with Gasteiger partial charge in [-0.25, -0.2) is 0 Å². The average molecular weight is 1070 g/mol. The van der Waals surface area contributed by atoms with E-state index in [0.717, 1.165) is 103 Å². The Balaban J connectivity index is 4.14. The van der Waals surface area contributed by atoms with Crippen molar-refractivity contribution in [3.63, 3.8) is 0 Å². The summed E-state index contributed by atoms with van der Waals surface area (Å²) in [5, 5.41) is 0. The Morgan fingerprint density at radius 2 is 0.506 bits per heavy atom. The van der Waals surface area contributed by atoms with Gasteiger partial charge in [-0.15, -0.1) is 0 Å². The lowest BCUT2D eigenvalue weighted by Gasteiger charge is -2.18. The molecule has 0 aromatic heterocycles. The Labute approximate surface area is 476 Å². The van der Waals surface area contributed by atoms with E-state index in [1.54, 1.807) is 0 Å². The van der Waals surface area contributed by atoms with E-state index in [1.807, 2.05) is 0 Å². The summed E-state index contributed by atoms with van der Waals surface area (Å²) in [6, 6.07) is 0. The number of esters is 3. The van der Waals surface area contributed by atoms with Crippen LogP contribution in [-0.4, -0.2) is 37.2 Å². The van der Waals surface area contributed by atoms with Crippen molar-refractivity contribution in [1.82, 2.24) is 0 Å². The van der Waals surface area contributed by atoms with Crippen molar-refractivity contribution in [3.05, 3.63) is 109 Å². The van der Waals surface area contributed by atoms with E-state index >= 15 is 0 Å². The van der Waals surface area contributed by atoms with Gasteiger partial charge in [0.1, 0.15) is 13.2 Å². The zero-order chi connectivity index (χ0) is 55.7. The maximum atomic E-state index is 12.8. The maximum Gasteiger partial charge on any atom is 0.306 e. The van der Waals surface area contributed by atoms with Gasteiger partial charge in [-0.3, -0.25) is 14.4 Å². The molecule has 6 heteroatoms. The van der Waals surface area contributed by atoms with Crippen LogP contribution in [-0.2, 0) is 28.6 Å². The number of carbonyl (C=O) groups is 3. The van der Waals surface area contributed by atoms with Crippen molar-refractivity contribution in [2.24, 2.45) is 0 Å². The van der Waals surface area contributed by atoms with Gasteiger partial charge in [-0.05, 0) is 109 Å². The fraction of sp³-hybridized carbons (Fsp3) is 0.704. The first-order valence-corrected chi connectivity index (χ1v) is 32.4. The molecule has 0 aromatic carbocycles. The number of allylic oxidation sites excluding steroid dienone is 18. The van der Waals surface area contributed by atoms with Crippen molar-refractivity contribution in [1.29, 1.82) is 0 Å². The summed E-state index contributed by atoms with van der Waals surface area (Å²) in [5.41, 5.74) is 0. The molecule has 0 saturated carbocycles. The molecule has 0 aromatic rings. The number of hydrogen-bond donors (Lipinski definition) is 0. The summed E-state index contributed by atoms with van der Waals surface area (Å²) in [5.74, 6) is -0.940. The van der Waals surface area contributed by atoms with E-state index in [-0.39, 0.29) is 37.5 Å². The number of hydrogen-bond acceptors (Lipinski definition) is 6. The third-order valence-corrected chi connectivity index (χ3v) is 13.8. The molecular formula is C71H120O6. The first kappa shape index (κ1) is 73.1. The molecule has 6 nitrogen and oxygen atoms in total. The fourth-order valence-electron chi connectivity index (χ4n) is 8.92. The van der Waals surface area contributed by atoms with E-state index < -0.39 is 6.10 Å². The van der Waals surface area contributed by atoms with Crippen LogP contribution in [0.1, 0.15) is 303 Å². The fourth-order valence-corrected chi connectivity index (χ4v) is 8.92. The molecule has 440 valence electrons. The highest BCUT2D eigenvalue weighted by atomic mass is 16.6. The minimum absolute atomic E-state index is 0.0946. The number of carbonyl (C=O) groups excluding carboxylic acids is 3. The minimum Gasteiger partial charge on any atom is -0.462 e. The molecule has 0 aliphatic heterocycles. The highest BCUT2D eigenvalue weighted by Crippen LogP contribution is 2.16. The Kier molecular flexibility index (Phi) is 61.3. The molecule has 0 heterocycles. The number of ether oxygens (including phenoxy) is 3. The summed E-state index contributed by atoms with van der Waals surface area (Å²) >= 11 is 0. The molecule has 0 radical (unpaired) electrons. The predicted molar refractivity (Wildman–Crippen MR) is 334 cm³/mol. The van der Waals surface area contributed by atoms with Crippen LogP contribution in [0, 0.1) is 0 Å². The van der Waals surface area contributed by atoms with Gasteiger partial charge < -0.3 is 14.2 Å². The molecule has 0 aliphatic rings. The van der Waals surface area contributed by atoms with Crippen molar-refractivity contribution in [2.45, 2.75) is 309 Å². The van der Waals surface area contributed by atoms with Gasteiger partial charge in [0.2, 0.25) is 0 Å². The predicted octanol–water partition coefficient (Wildman–Crippen LogP) is 22.2. The van der Waals surface area contributed by atoms with Crippen LogP contribution in [0.5, 0.6) is 0 Å². The topological polar surface area (TPSA) is 78.9 Å². The third-order valence-electron chi connectivity index (χ3n) is 13.8. The molecule has 0 rings (SSSR count). The third kappa shape index (κ3) is 62.8. The largest absolute Gasteiger partial charge is 0.462 e. The van der Waals surface area contributed by atoms with Crippen LogP contribution >= 0.6 is 0 Å². The van der Waals surface area contributed by atoms with Crippen molar-refractivity contribution in [2.75, 3.05) is 13.2 Å². The normalized spacial score (nSPS) is 12.8. The molecule has 0 amide bonds. The minimum atomic E-state index is -0.800. The summed E-state index contributed by atoms with van der Waals surface area (Å²) in [7, 11) is 0. The molecular weight excluding hydrogens is 949 g/mol. The van der Waals surface area contributed by atoms with Crippen LogP contribution < -0.4 is 0 Å².